The normalized spacial score (nSPS) is 15.1. The van der Waals surface area contributed by atoms with Gasteiger partial charge < -0.3 is 15.2 Å². The molecule has 0 spiro atoms. The van der Waals surface area contributed by atoms with E-state index in [1.165, 1.54) is 16.9 Å². The maximum atomic E-state index is 12.9. The summed E-state index contributed by atoms with van der Waals surface area (Å²) in [6.07, 6.45) is -0.890. The van der Waals surface area contributed by atoms with Crippen molar-refractivity contribution >= 4 is 17.8 Å². The molecular formula is C15H17F3N4O3. The maximum Gasteiger partial charge on any atom is 0.405 e. The third-order valence-corrected chi connectivity index (χ3v) is 3.48. The molecule has 2 aromatic heterocycles. The molecule has 0 fully saturated rings. The van der Waals surface area contributed by atoms with Crippen LogP contribution in [0.2, 0.25) is 0 Å². The maximum absolute atomic E-state index is 12.9. The predicted molar refractivity (Wildman–Crippen MR) is 82.8 cm³/mol. The van der Waals surface area contributed by atoms with Crippen LogP contribution in [0.3, 0.4) is 0 Å². The zero-order valence-corrected chi connectivity index (χ0v) is 13.4. The standard InChI is InChI=1S/C15H17F3N4O3/c1-3-9-4-12-21-10(6-22(12)20-5-9)11(25-14(19)23)7-24-15(2,8-16)13(17)18/h3-6,11,13H,1,7-8H2,2H3,(H2,19,23). The van der Waals surface area contributed by atoms with Gasteiger partial charge in [-0.3, -0.25) is 0 Å². The van der Waals surface area contributed by atoms with Crippen molar-refractivity contribution in [2.45, 2.75) is 25.1 Å². The number of primary amides is 1. The molecule has 2 rings (SSSR count). The van der Waals surface area contributed by atoms with Gasteiger partial charge >= 0.3 is 6.09 Å². The molecule has 2 N–H and O–H groups in total. The van der Waals surface area contributed by atoms with Crippen LogP contribution in [0.1, 0.15) is 24.3 Å². The number of rotatable bonds is 8. The van der Waals surface area contributed by atoms with Crippen molar-refractivity contribution in [1.29, 1.82) is 0 Å². The van der Waals surface area contributed by atoms with Gasteiger partial charge in [0.25, 0.3) is 6.43 Å². The molecule has 7 nitrogen and oxygen atoms in total. The predicted octanol–water partition coefficient (Wildman–Crippen LogP) is 2.52. The first-order chi connectivity index (χ1) is 11.8. The third-order valence-electron chi connectivity index (χ3n) is 3.48. The number of imidazole rings is 1. The summed E-state index contributed by atoms with van der Waals surface area (Å²) in [6, 6.07) is 1.66. The fourth-order valence-electron chi connectivity index (χ4n) is 1.92. The second-order valence-electron chi connectivity index (χ2n) is 5.45. The van der Waals surface area contributed by atoms with Crippen molar-refractivity contribution in [3.05, 3.63) is 36.3 Å². The molecule has 0 aliphatic carbocycles. The number of nitrogens with zero attached hydrogens (tertiary/aromatic N) is 3. The van der Waals surface area contributed by atoms with Gasteiger partial charge in [0.05, 0.1) is 19.0 Å². The first kappa shape index (κ1) is 18.7. The number of carbonyl (C=O) groups is 1. The number of amides is 1. The van der Waals surface area contributed by atoms with Crippen LogP contribution >= 0.6 is 0 Å². The Morgan fingerprint density at radius 3 is 2.84 bits per heavy atom. The Hall–Kier alpha value is -2.62. The van der Waals surface area contributed by atoms with Gasteiger partial charge in [-0.15, -0.1) is 0 Å². The van der Waals surface area contributed by atoms with Crippen molar-refractivity contribution in [3.8, 4) is 0 Å². The van der Waals surface area contributed by atoms with E-state index < -0.39 is 37.5 Å². The van der Waals surface area contributed by atoms with E-state index in [2.05, 4.69) is 16.7 Å². The summed E-state index contributed by atoms with van der Waals surface area (Å²) in [4.78, 5) is 15.3. The van der Waals surface area contributed by atoms with Crippen LogP contribution < -0.4 is 5.73 Å². The Bertz CT molecular complexity index is 768. The van der Waals surface area contributed by atoms with Crippen LogP contribution in [0, 0.1) is 0 Å². The number of halogens is 3. The number of fused-ring (bicyclic) bond motifs is 1. The van der Waals surface area contributed by atoms with Crippen LogP contribution in [0.5, 0.6) is 0 Å². The second kappa shape index (κ2) is 7.51. The highest BCUT2D eigenvalue weighted by atomic mass is 19.3. The van der Waals surface area contributed by atoms with Crippen LogP contribution in [0.25, 0.3) is 11.7 Å². The van der Waals surface area contributed by atoms with Crippen molar-refractivity contribution in [1.82, 2.24) is 14.6 Å². The lowest BCUT2D eigenvalue weighted by Crippen LogP contribution is -2.41. The summed E-state index contributed by atoms with van der Waals surface area (Å²) in [5.74, 6) is 0. The zero-order valence-electron chi connectivity index (χ0n) is 13.4. The number of hydrogen-bond donors (Lipinski definition) is 1. The fourth-order valence-corrected chi connectivity index (χ4v) is 1.92. The molecular weight excluding hydrogens is 341 g/mol. The smallest absolute Gasteiger partial charge is 0.405 e. The minimum absolute atomic E-state index is 0.169. The van der Waals surface area contributed by atoms with Crippen LogP contribution in [0.15, 0.2) is 25.0 Å². The number of carbonyl (C=O) groups excluding carboxylic acids is 1. The third kappa shape index (κ3) is 4.27. The molecule has 0 saturated heterocycles. The lowest BCUT2D eigenvalue weighted by Gasteiger charge is -2.27. The van der Waals surface area contributed by atoms with Crippen molar-refractivity contribution in [2.24, 2.45) is 5.73 Å². The van der Waals surface area contributed by atoms with E-state index in [4.69, 9.17) is 15.2 Å². The van der Waals surface area contributed by atoms with Gasteiger partial charge in [-0.2, -0.15) is 5.10 Å². The lowest BCUT2D eigenvalue weighted by molar-refractivity contribution is -0.155. The minimum atomic E-state index is -3.07. The highest BCUT2D eigenvalue weighted by molar-refractivity contribution is 5.65. The minimum Gasteiger partial charge on any atom is -0.437 e. The van der Waals surface area contributed by atoms with E-state index in [0.29, 0.717) is 11.2 Å². The van der Waals surface area contributed by atoms with Gasteiger partial charge in [0, 0.05) is 0 Å². The van der Waals surface area contributed by atoms with Gasteiger partial charge in [-0.1, -0.05) is 12.7 Å². The molecule has 0 aromatic carbocycles. The first-order valence-electron chi connectivity index (χ1n) is 7.21. The lowest BCUT2D eigenvalue weighted by atomic mass is 10.1. The molecule has 136 valence electrons. The topological polar surface area (TPSA) is 91.7 Å². The average molecular weight is 358 g/mol. The van der Waals surface area contributed by atoms with Crippen LogP contribution in [-0.4, -0.2) is 46.0 Å². The molecule has 0 aliphatic rings. The molecule has 2 unspecified atom stereocenters. The molecule has 0 radical (unpaired) electrons. The number of hydrogen-bond acceptors (Lipinski definition) is 5. The van der Waals surface area contributed by atoms with E-state index in [9.17, 15) is 18.0 Å². The fraction of sp³-hybridized carbons (Fsp3) is 0.400. The molecule has 25 heavy (non-hydrogen) atoms. The number of nitrogens with two attached hydrogens (primary N) is 1. The Kier molecular flexibility index (Phi) is 5.62. The molecule has 0 bridgehead atoms. The molecule has 10 heteroatoms. The number of ether oxygens (including phenoxy) is 2. The highest BCUT2D eigenvalue weighted by Gasteiger charge is 2.38. The van der Waals surface area contributed by atoms with Crippen LogP contribution in [-0.2, 0) is 9.47 Å². The first-order valence-corrected chi connectivity index (χ1v) is 7.21. The largest absolute Gasteiger partial charge is 0.437 e. The van der Waals surface area contributed by atoms with E-state index in [1.807, 2.05) is 0 Å². The molecule has 1 amide bonds. The summed E-state index contributed by atoms with van der Waals surface area (Å²) in [6.45, 7) is 2.57. The number of aromatic nitrogens is 3. The molecule has 0 saturated carbocycles. The Balaban J connectivity index is 2.27. The highest BCUT2D eigenvalue weighted by Crippen LogP contribution is 2.25. The number of alkyl halides is 3. The molecule has 2 atom stereocenters. The van der Waals surface area contributed by atoms with Gasteiger partial charge in [-0.25, -0.2) is 27.5 Å². The summed E-state index contributed by atoms with van der Waals surface area (Å²) in [7, 11) is 0. The van der Waals surface area contributed by atoms with E-state index in [-0.39, 0.29) is 5.69 Å². The molecule has 2 heterocycles. The van der Waals surface area contributed by atoms with Crippen molar-refractivity contribution in [3.63, 3.8) is 0 Å². The van der Waals surface area contributed by atoms with Gasteiger partial charge in [0.1, 0.15) is 12.4 Å². The van der Waals surface area contributed by atoms with Gasteiger partial charge in [-0.05, 0) is 18.6 Å². The molecule has 0 aliphatic heterocycles. The second-order valence-corrected chi connectivity index (χ2v) is 5.45. The Morgan fingerprint density at radius 2 is 2.28 bits per heavy atom. The summed E-state index contributed by atoms with van der Waals surface area (Å²) < 4.78 is 49.9. The Labute approximate surface area is 141 Å². The van der Waals surface area contributed by atoms with Gasteiger partial charge in [0.2, 0.25) is 0 Å². The SMILES string of the molecule is C=Cc1cnn2cc(C(COC(C)(CF)C(F)F)OC(N)=O)nc2c1. The van der Waals surface area contributed by atoms with E-state index >= 15 is 0 Å². The van der Waals surface area contributed by atoms with Crippen LogP contribution in [0.4, 0.5) is 18.0 Å². The molecule has 2 aromatic rings. The van der Waals surface area contributed by atoms with Gasteiger partial charge in [0.15, 0.2) is 17.4 Å². The van der Waals surface area contributed by atoms with Crippen molar-refractivity contribution in [2.75, 3.05) is 13.3 Å². The van der Waals surface area contributed by atoms with E-state index in [0.717, 1.165) is 6.92 Å². The monoisotopic (exact) mass is 358 g/mol. The van der Waals surface area contributed by atoms with Crippen molar-refractivity contribution < 1.29 is 27.4 Å². The summed E-state index contributed by atoms with van der Waals surface area (Å²) in [5, 5.41) is 4.08. The van der Waals surface area contributed by atoms with E-state index in [1.54, 1.807) is 12.1 Å². The average Bonchev–Trinajstić information content (AvgIpc) is 3.00. The Morgan fingerprint density at radius 1 is 1.56 bits per heavy atom. The zero-order chi connectivity index (χ0) is 18.6. The summed E-state index contributed by atoms with van der Waals surface area (Å²) in [5.41, 5.74) is 3.96. The summed E-state index contributed by atoms with van der Waals surface area (Å²) >= 11 is 0. The quantitative estimate of drug-likeness (QED) is 0.783.